The molecule has 2 heterocycles. The van der Waals surface area contributed by atoms with E-state index in [1.807, 2.05) is 42.5 Å². The van der Waals surface area contributed by atoms with Crippen LogP contribution in [-0.4, -0.2) is 25.2 Å². The summed E-state index contributed by atoms with van der Waals surface area (Å²) in [5.74, 6) is -0.0991. The molecule has 8 heteroatoms. The van der Waals surface area contributed by atoms with Crippen molar-refractivity contribution in [3.63, 3.8) is 0 Å². The molecule has 0 saturated heterocycles. The van der Waals surface area contributed by atoms with Crippen molar-refractivity contribution in [1.82, 2.24) is 19.3 Å². The van der Waals surface area contributed by atoms with Gasteiger partial charge in [0, 0.05) is 13.0 Å². The fourth-order valence-corrected chi connectivity index (χ4v) is 3.26. The van der Waals surface area contributed by atoms with E-state index in [-0.39, 0.29) is 11.5 Å². The summed E-state index contributed by atoms with van der Waals surface area (Å²) >= 11 is 0. The van der Waals surface area contributed by atoms with Gasteiger partial charge in [0.15, 0.2) is 5.65 Å². The lowest BCUT2D eigenvalue weighted by molar-refractivity contribution is -0.116. The van der Waals surface area contributed by atoms with Crippen LogP contribution in [0.2, 0.25) is 0 Å². The zero-order valence-corrected chi connectivity index (χ0v) is 16.4. The number of nitrogens with zero attached hydrogens (tertiary/aromatic N) is 4. The first-order valence-corrected chi connectivity index (χ1v) is 9.76. The number of hydrogen-bond acceptors (Lipinski definition) is 5. The average Bonchev–Trinajstić information content (AvgIpc) is 3.20. The molecule has 0 fully saturated rings. The van der Waals surface area contributed by atoms with Crippen molar-refractivity contribution in [2.24, 2.45) is 0 Å². The normalized spacial score (nSPS) is 10.9. The maximum atomic E-state index is 12.8. The van der Waals surface area contributed by atoms with E-state index in [4.69, 9.17) is 5.73 Å². The molecule has 1 amide bonds. The number of unbranched alkanes of at least 4 members (excludes halogenated alkanes) is 1. The minimum atomic E-state index is -0.135. The summed E-state index contributed by atoms with van der Waals surface area (Å²) in [6, 6.07) is 16.7. The summed E-state index contributed by atoms with van der Waals surface area (Å²) in [6.45, 7) is 0.485. The molecule has 8 nitrogen and oxygen atoms in total. The number of aryl methyl sites for hydroxylation is 1. The van der Waals surface area contributed by atoms with Gasteiger partial charge in [0.2, 0.25) is 5.91 Å². The van der Waals surface area contributed by atoms with E-state index in [0.717, 1.165) is 5.69 Å². The fraction of sp³-hybridized carbons (Fsp3) is 0.182. The Bertz CT molecular complexity index is 1230. The van der Waals surface area contributed by atoms with Gasteiger partial charge in [-0.15, -0.1) is 0 Å². The number of fused-ring (bicyclic) bond motifs is 1. The first-order valence-electron chi connectivity index (χ1n) is 9.76. The number of anilines is 2. The van der Waals surface area contributed by atoms with Crippen LogP contribution in [0, 0.1) is 0 Å². The Morgan fingerprint density at radius 3 is 2.60 bits per heavy atom. The molecule has 4 aromatic rings. The molecule has 2 aromatic carbocycles. The van der Waals surface area contributed by atoms with Crippen LogP contribution < -0.4 is 16.6 Å². The minimum absolute atomic E-state index is 0.0991. The molecule has 0 bridgehead atoms. The Kier molecular flexibility index (Phi) is 5.56. The first-order chi connectivity index (χ1) is 14.6. The largest absolute Gasteiger partial charge is 0.397 e. The molecule has 30 heavy (non-hydrogen) atoms. The van der Waals surface area contributed by atoms with Gasteiger partial charge in [0.1, 0.15) is 5.39 Å². The monoisotopic (exact) mass is 402 g/mol. The van der Waals surface area contributed by atoms with Gasteiger partial charge < -0.3 is 11.1 Å². The van der Waals surface area contributed by atoms with Gasteiger partial charge in [-0.1, -0.05) is 30.3 Å². The summed E-state index contributed by atoms with van der Waals surface area (Å²) in [5, 5.41) is 7.59. The van der Waals surface area contributed by atoms with Crippen LogP contribution >= 0.6 is 0 Å². The fourth-order valence-electron chi connectivity index (χ4n) is 3.26. The number of nitrogen functional groups attached to an aromatic ring is 1. The number of aromatic nitrogens is 4. The van der Waals surface area contributed by atoms with Crippen LogP contribution in [0.15, 0.2) is 71.9 Å². The van der Waals surface area contributed by atoms with Crippen molar-refractivity contribution in [2.75, 3.05) is 11.1 Å². The third-order valence-electron chi connectivity index (χ3n) is 4.84. The molecule has 0 spiro atoms. The van der Waals surface area contributed by atoms with E-state index in [1.54, 1.807) is 27.6 Å². The van der Waals surface area contributed by atoms with Gasteiger partial charge in [-0.2, -0.15) is 5.10 Å². The minimum Gasteiger partial charge on any atom is -0.397 e. The maximum Gasteiger partial charge on any atom is 0.264 e. The Hall–Kier alpha value is -3.94. The maximum absolute atomic E-state index is 12.8. The lowest BCUT2D eigenvalue weighted by Crippen LogP contribution is -2.21. The molecular formula is C22H22N6O2. The molecule has 0 unspecified atom stereocenters. The van der Waals surface area contributed by atoms with E-state index in [1.165, 1.54) is 6.33 Å². The molecule has 2 aromatic heterocycles. The van der Waals surface area contributed by atoms with Crippen molar-refractivity contribution in [2.45, 2.75) is 25.8 Å². The lowest BCUT2D eigenvalue weighted by atomic mass is 10.2. The van der Waals surface area contributed by atoms with E-state index in [2.05, 4.69) is 15.4 Å². The molecule has 0 radical (unpaired) electrons. The Morgan fingerprint density at radius 2 is 1.80 bits per heavy atom. The molecule has 0 aliphatic rings. The molecular weight excluding hydrogens is 380 g/mol. The second-order valence-electron chi connectivity index (χ2n) is 6.96. The summed E-state index contributed by atoms with van der Waals surface area (Å²) in [5.41, 5.74) is 8.23. The second kappa shape index (κ2) is 8.60. The SMILES string of the molecule is Nc1ccccc1NC(=O)CCCCn1cnc2c(cnn2-c2ccccc2)c1=O. The molecule has 3 N–H and O–H groups in total. The highest BCUT2D eigenvalue weighted by Gasteiger charge is 2.11. The van der Waals surface area contributed by atoms with Crippen LogP contribution in [0.1, 0.15) is 19.3 Å². The van der Waals surface area contributed by atoms with Crippen LogP contribution in [0.3, 0.4) is 0 Å². The van der Waals surface area contributed by atoms with E-state index >= 15 is 0 Å². The number of nitrogens with one attached hydrogen (secondary N) is 1. The van der Waals surface area contributed by atoms with Crippen molar-refractivity contribution in [1.29, 1.82) is 0 Å². The molecule has 0 aliphatic heterocycles. The zero-order valence-electron chi connectivity index (χ0n) is 16.4. The quantitative estimate of drug-likeness (QED) is 0.365. The molecule has 4 rings (SSSR count). The molecule has 0 saturated carbocycles. The summed E-state index contributed by atoms with van der Waals surface area (Å²) in [4.78, 5) is 29.3. The Balaban J connectivity index is 1.37. The smallest absolute Gasteiger partial charge is 0.264 e. The standard InChI is InChI=1S/C22H22N6O2/c23-18-10-4-5-11-19(18)26-20(29)12-6-7-13-27-15-24-21-17(22(27)30)14-25-28(21)16-8-2-1-3-9-16/h1-5,8-11,14-15H,6-7,12-13,23H2,(H,26,29). The van der Waals surface area contributed by atoms with Gasteiger partial charge in [-0.3, -0.25) is 14.2 Å². The van der Waals surface area contributed by atoms with Crippen LogP contribution in [0.25, 0.3) is 16.7 Å². The van der Waals surface area contributed by atoms with Gasteiger partial charge in [0.05, 0.1) is 29.6 Å². The number of amides is 1. The molecule has 152 valence electrons. The van der Waals surface area contributed by atoms with Gasteiger partial charge in [0.25, 0.3) is 5.56 Å². The second-order valence-corrected chi connectivity index (χ2v) is 6.96. The average molecular weight is 402 g/mol. The van der Waals surface area contributed by atoms with E-state index < -0.39 is 0 Å². The van der Waals surface area contributed by atoms with Crippen LogP contribution in [0.4, 0.5) is 11.4 Å². The predicted molar refractivity (Wildman–Crippen MR) is 116 cm³/mol. The highest BCUT2D eigenvalue weighted by Crippen LogP contribution is 2.17. The highest BCUT2D eigenvalue weighted by molar-refractivity contribution is 5.93. The van der Waals surface area contributed by atoms with E-state index in [9.17, 15) is 9.59 Å². The number of rotatable bonds is 7. The number of benzene rings is 2. The summed E-state index contributed by atoms with van der Waals surface area (Å²) < 4.78 is 3.22. The van der Waals surface area contributed by atoms with Crippen molar-refractivity contribution in [3.05, 3.63) is 77.5 Å². The Morgan fingerprint density at radius 1 is 1.03 bits per heavy atom. The van der Waals surface area contributed by atoms with Crippen LogP contribution in [0.5, 0.6) is 0 Å². The third kappa shape index (κ3) is 4.07. The highest BCUT2D eigenvalue weighted by atomic mass is 16.1. The summed E-state index contributed by atoms with van der Waals surface area (Å²) in [7, 11) is 0. The Labute approximate surface area is 173 Å². The zero-order chi connectivity index (χ0) is 20.9. The van der Waals surface area contributed by atoms with Gasteiger partial charge >= 0.3 is 0 Å². The van der Waals surface area contributed by atoms with Crippen LogP contribution in [-0.2, 0) is 11.3 Å². The van der Waals surface area contributed by atoms with E-state index in [0.29, 0.717) is 48.2 Å². The van der Waals surface area contributed by atoms with Gasteiger partial charge in [-0.25, -0.2) is 9.67 Å². The topological polar surface area (TPSA) is 108 Å². The number of carbonyl (C=O) groups is 1. The number of hydrogen-bond donors (Lipinski definition) is 2. The molecule has 0 atom stereocenters. The van der Waals surface area contributed by atoms with Gasteiger partial charge in [-0.05, 0) is 37.1 Å². The summed E-state index contributed by atoms with van der Waals surface area (Å²) in [6.07, 6.45) is 4.76. The first kappa shape index (κ1) is 19.4. The van der Waals surface area contributed by atoms with Crippen molar-refractivity contribution >= 4 is 28.3 Å². The predicted octanol–water partition coefficient (Wildman–Crippen LogP) is 2.97. The van der Waals surface area contributed by atoms with Crippen molar-refractivity contribution in [3.8, 4) is 5.69 Å². The number of carbonyl (C=O) groups excluding carboxylic acids is 1. The lowest BCUT2D eigenvalue weighted by Gasteiger charge is -2.08. The third-order valence-corrected chi connectivity index (χ3v) is 4.84. The number of para-hydroxylation sites is 3. The molecule has 0 aliphatic carbocycles. The van der Waals surface area contributed by atoms with Crippen molar-refractivity contribution < 1.29 is 4.79 Å². The number of nitrogens with two attached hydrogens (primary N) is 1.